The van der Waals surface area contributed by atoms with Crippen molar-refractivity contribution < 1.29 is 9.53 Å². The van der Waals surface area contributed by atoms with Gasteiger partial charge in [-0.1, -0.05) is 0 Å². The molecule has 0 unspecified atom stereocenters. The van der Waals surface area contributed by atoms with Crippen molar-refractivity contribution >= 4 is 22.6 Å². The summed E-state index contributed by atoms with van der Waals surface area (Å²) in [5, 5.41) is 11.1. The first-order valence-corrected chi connectivity index (χ1v) is 11.3. The second kappa shape index (κ2) is 8.70. The highest BCUT2D eigenvalue weighted by molar-refractivity contribution is 5.87. The summed E-state index contributed by atoms with van der Waals surface area (Å²) in [6.45, 7) is 4.65. The smallest absolute Gasteiger partial charge is 0.240 e. The van der Waals surface area contributed by atoms with Crippen LogP contribution in [0.25, 0.3) is 11.0 Å². The number of hydrogen-bond acceptors (Lipinski definition) is 5. The van der Waals surface area contributed by atoms with Crippen molar-refractivity contribution in [3.05, 3.63) is 42.0 Å². The molecule has 0 aliphatic carbocycles. The van der Waals surface area contributed by atoms with Crippen molar-refractivity contribution in [3.8, 4) is 0 Å². The Morgan fingerprint density at radius 3 is 2.97 bits per heavy atom. The van der Waals surface area contributed by atoms with Crippen molar-refractivity contribution in [3.63, 3.8) is 0 Å². The first kappa shape index (κ1) is 20.1. The number of ether oxygens (including phenoxy) is 1. The molecular weight excluding hydrogens is 392 g/mol. The molecule has 1 fully saturated rings. The van der Waals surface area contributed by atoms with Gasteiger partial charge in [0.2, 0.25) is 5.91 Å². The molecule has 4 heterocycles. The molecule has 164 valence electrons. The molecule has 2 N–H and O–H groups in total. The van der Waals surface area contributed by atoms with Gasteiger partial charge in [-0.05, 0) is 50.8 Å². The third kappa shape index (κ3) is 4.30. The van der Waals surface area contributed by atoms with Crippen LogP contribution in [0.2, 0.25) is 0 Å². The van der Waals surface area contributed by atoms with Crippen molar-refractivity contribution in [2.75, 3.05) is 18.5 Å². The summed E-state index contributed by atoms with van der Waals surface area (Å²) in [5.41, 5.74) is 4.49. The highest BCUT2D eigenvalue weighted by Gasteiger charge is 2.23. The second-order valence-electron chi connectivity index (χ2n) is 8.63. The third-order valence-corrected chi connectivity index (χ3v) is 6.35. The lowest BCUT2D eigenvalue weighted by Crippen LogP contribution is -2.40. The highest BCUT2D eigenvalue weighted by Crippen LogP contribution is 2.32. The van der Waals surface area contributed by atoms with E-state index in [0.717, 1.165) is 55.5 Å². The Hall–Kier alpha value is -2.87. The van der Waals surface area contributed by atoms with Crippen LogP contribution in [0.1, 0.15) is 37.6 Å². The van der Waals surface area contributed by atoms with Gasteiger partial charge in [0, 0.05) is 61.9 Å². The summed E-state index contributed by atoms with van der Waals surface area (Å²) in [6.07, 6.45) is 8.31. The van der Waals surface area contributed by atoms with E-state index in [1.807, 2.05) is 16.9 Å². The number of imidazole rings is 1. The molecule has 8 heteroatoms. The summed E-state index contributed by atoms with van der Waals surface area (Å²) in [4.78, 5) is 17.9. The van der Waals surface area contributed by atoms with Crippen LogP contribution in [-0.2, 0) is 35.5 Å². The van der Waals surface area contributed by atoms with Gasteiger partial charge in [0.1, 0.15) is 12.4 Å². The normalized spacial score (nSPS) is 19.2. The Balaban J connectivity index is 1.44. The van der Waals surface area contributed by atoms with E-state index in [-0.39, 0.29) is 18.5 Å². The largest absolute Gasteiger partial charge is 0.382 e. The summed E-state index contributed by atoms with van der Waals surface area (Å²) in [7, 11) is 0. The predicted octanol–water partition coefficient (Wildman–Crippen LogP) is 2.52. The van der Waals surface area contributed by atoms with Crippen molar-refractivity contribution in [1.29, 1.82) is 0 Å². The molecule has 2 aliphatic rings. The molecule has 2 aromatic heterocycles. The fraction of sp³-hybridized carbons (Fsp3) is 0.522. The average Bonchev–Trinajstić information content (AvgIpc) is 3.41. The fourth-order valence-electron chi connectivity index (χ4n) is 4.66. The minimum atomic E-state index is 0.0380. The van der Waals surface area contributed by atoms with Gasteiger partial charge in [-0.15, -0.1) is 0 Å². The zero-order valence-corrected chi connectivity index (χ0v) is 18.0. The highest BCUT2D eigenvalue weighted by atomic mass is 16.5. The molecule has 5 rings (SSSR count). The van der Waals surface area contributed by atoms with Crippen molar-refractivity contribution in [2.45, 2.75) is 64.2 Å². The lowest BCUT2D eigenvalue weighted by Gasteiger charge is -2.24. The topological polar surface area (TPSA) is 86.0 Å². The van der Waals surface area contributed by atoms with Crippen LogP contribution in [0.15, 0.2) is 30.6 Å². The Morgan fingerprint density at radius 2 is 2.16 bits per heavy atom. The van der Waals surface area contributed by atoms with E-state index in [0.29, 0.717) is 19.3 Å². The van der Waals surface area contributed by atoms with Gasteiger partial charge in [0.15, 0.2) is 0 Å². The van der Waals surface area contributed by atoms with Gasteiger partial charge in [-0.25, -0.2) is 4.98 Å². The zero-order valence-electron chi connectivity index (χ0n) is 18.0. The molecule has 1 saturated heterocycles. The number of hydrogen-bond donors (Lipinski definition) is 2. The molecule has 1 aromatic carbocycles. The standard InChI is InChI=1S/C23H30N6O2/c1-16-3-4-18-19(25-16)5-6-20-23(18)27-21(7-12-28-11-2-10-24-28)29(20)15-22(30)26-17-8-13-31-14-9-17/h2,5-6,10-11,16-17,25H,3-4,7-9,12-15H2,1H3,(H,26,30)/t16-/m0/s1. The first-order chi connectivity index (χ1) is 15.2. The summed E-state index contributed by atoms with van der Waals surface area (Å²) < 4.78 is 9.41. The maximum absolute atomic E-state index is 12.9. The van der Waals surface area contributed by atoms with E-state index in [9.17, 15) is 4.79 Å². The fourth-order valence-corrected chi connectivity index (χ4v) is 4.66. The Kier molecular flexibility index (Phi) is 5.63. The molecule has 31 heavy (non-hydrogen) atoms. The van der Waals surface area contributed by atoms with Gasteiger partial charge in [0.05, 0.1) is 11.0 Å². The average molecular weight is 423 g/mol. The lowest BCUT2D eigenvalue weighted by atomic mass is 9.98. The SMILES string of the molecule is C[C@H]1CCc2c(ccc3c2nc(CCn2cccn2)n3CC(=O)NC2CCOCC2)N1. The second-order valence-corrected chi connectivity index (χ2v) is 8.63. The van der Waals surface area contributed by atoms with Gasteiger partial charge in [-0.3, -0.25) is 9.48 Å². The molecular formula is C23H30N6O2. The summed E-state index contributed by atoms with van der Waals surface area (Å²) in [5.74, 6) is 0.968. The van der Waals surface area contributed by atoms with Crippen molar-refractivity contribution in [1.82, 2.24) is 24.6 Å². The molecule has 8 nitrogen and oxygen atoms in total. The van der Waals surface area contributed by atoms with Crippen LogP contribution in [0.4, 0.5) is 5.69 Å². The van der Waals surface area contributed by atoms with E-state index in [1.54, 1.807) is 6.20 Å². The molecule has 1 atom stereocenters. The number of anilines is 1. The molecule has 0 radical (unpaired) electrons. The number of carbonyl (C=O) groups is 1. The number of carbonyl (C=O) groups excluding carboxylic acids is 1. The monoisotopic (exact) mass is 422 g/mol. The quantitative estimate of drug-likeness (QED) is 0.638. The Labute approximate surface area is 182 Å². The predicted molar refractivity (Wildman–Crippen MR) is 119 cm³/mol. The first-order valence-electron chi connectivity index (χ1n) is 11.3. The van der Waals surface area contributed by atoms with E-state index in [2.05, 4.69) is 39.4 Å². The van der Waals surface area contributed by atoms with Crippen LogP contribution < -0.4 is 10.6 Å². The van der Waals surface area contributed by atoms with Gasteiger partial charge in [0.25, 0.3) is 0 Å². The van der Waals surface area contributed by atoms with Crippen LogP contribution in [0.5, 0.6) is 0 Å². The maximum Gasteiger partial charge on any atom is 0.240 e. The van der Waals surface area contributed by atoms with Crippen LogP contribution in [-0.4, -0.2) is 50.5 Å². The number of aryl methyl sites for hydroxylation is 3. The number of nitrogens with zero attached hydrogens (tertiary/aromatic N) is 4. The zero-order chi connectivity index (χ0) is 21.2. The minimum absolute atomic E-state index is 0.0380. The summed E-state index contributed by atoms with van der Waals surface area (Å²) in [6, 6.07) is 6.83. The molecule has 0 saturated carbocycles. The van der Waals surface area contributed by atoms with E-state index in [1.165, 1.54) is 11.3 Å². The van der Waals surface area contributed by atoms with Gasteiger partial charge in [-0.2, -0.15) is 5.10 Å². The lowest BCUT2D eigenvalue weighted by molar-refractivity contribution is -0.122. The molecule has 1 amide bonds. The molecule has 0 bridgehead atoms. The Morgan fingerprint density at radius 1 is 1.29 bits per heavy atom. The number of benzene rings is 1. The van der Waals surface area contributed by atoms with Gasteiger partial charge < -0.3 is 19.9 Å². The van der Waals surface area contributed by atoms with Crippen LogP contribution >= 0.6 is 0 Å². The number of amides is 1. The Bertz CT molecular complexity index is 1050. The van der Waals surface area contributed by atoms with Crippen LogP contribution in [0, 0.1) is 0 Å². The van der Waals surface area contributed by atoms with E-state index < -0.39 is 0 Å². The molecule has 0 spiro atoms. The van der Waals surface area contributed by atoms with Crippen molar-refractivity contribution in [2.24, 2.45) is 0 Å². The molecule has 3 aromatic rings. The minimum Gasteiger partial charge on any atom is -0.382 e. The number of rotatable bonds is 6. The number of aromatic nitrogens is 4. The number of fused-ring (bicyclic) bond motifs is 3. The number of nitrogens with one attached hydrogen (secondary N) is 2. The maximum atomic E-state index is 12.9. The van der Waals surface area contributed by atoms with Crippen LogP contribution in [0.3, 0.4) is 0 Å². The molecule has 2 aliphatic heterocycles. The third-order valence-electron chi connectivity index (χ3n) is 6.35. The summed E-state index contributed by atoms with van der Waals surface area (Å²) >= 11 is 0. The van der Waals surface area contributed by atoms with E-state index in [4.69, 9.17) is 9.72 Å². The van der Waals surface area contributed by atoms with Gasteiger partial charge >= 0.3 is 0 Å². The van der Waals surface area contributed by atoms with E-state index >= 15 is 0 Å².